The van der Waals surface area contributed by atoms with Crippen LogP contribution in [0.15, 0.2) is 27.6 Å². The Morgan fingerprint density at radius 2 is 2.07 bits per heavy atom. The van der Waals surface area contributed by atoms with E-state index in [9.17, 15) is 9.00 Å². The number of hydrogen-bond acceptors (Lipinski definition) is 2. The zero-order valence-electron chi connectivity index (χ0n) is 8.04. The van der Waals surface area contributed by atoms with Crippen molar-refractivity contribution in [1.82, 2.24) is 0 Å². The molecule has 0 heterocycles. The quantitative estimate of drug-likeness (QED) is 0.613. The molecule has 1 aromatic rings. The van der Waals surface area contributed by atoms with Gasteiger partial charge in [0.2, 0.25) is 0 Å². The summed E-state index contributed by atoms with van der Waals surface area (Å²) in [5, 5.41) is 0. The van der Waals surface area contributed by atoms with Crippen molar-refractivity contribution in [2.45, 2.75) is 11.8 Å². The predicted octanol–water partition coefficient (Wildman–Crippen LogP) is 2.36. The van der Waals surface area contributed by atoms with Crippen LogP contribution in [0, 0.1) is 0 Å². The Labute approximate surface area is 92.5 Å². The fraction of sp³-hybridized carbons (Fsp3) is 0.200. The summed E-state index contributed by atoms with van der Waals surface area (Å²) in [5.41, 5.74) is 0.595. The number of benzene rings is 1. The summed E-state index contributed by atoms with van der Waals surface area (Å²) in [6.45, 7) is 1.49. The standard InChI is InChI=1S/C10H11BrO2S/c1-7(12)9-5-4-8(6-10(9)11)14(2,3)13/h4-6H,2H2,1,3H3. The molecule has 1 rings (SSSR count). The SMILES string of the molecule is C=S(C)(=O)c1ccc(C(C)=O)c(Br)c1. The lowest BCUT2D eigenvalue weighted by Crippen LogP contribution is -1.99. The van der Waals surface area contributed by atoms with E-state index in [-0.39, 0.29) is 5.78 Å². The molecule has 1 atom stereocenters. The summed E-state index contributed by atoms with van der Waals surface area (Å²) in [4.78, 5) is 11.8. The molecule has 0 aliphatic carbocycles. The first kappa shape index (κ1) is 11.5. The number of Topliss-reactive ketones (excluding diaryl/α,β-unsaturated/α-hetero) is 1. The molecule has 0 fully saturated rings. The van der Waals surface area contributed by atoms with Crippen LogP contribution < -0.4 is 0 Å². The Morgan fingerprint density at radius 1 is 1.50 bits per heavy atom. The van der Waals surface area contributed by atoms with Crippen molar-refractivity contribution in [2.24, 2.45) is 0 Å². The van der Waals surface area contributed by atoms with Crippen LogP contribution in [0.4, 0.5) is 0 Å². The van der Waals surface area contributed by atoms with Gasteiger partial charge in [-0.15, -0.1) is 0 Å². The Hall–Kier alpha value is -0.610. The van der Waals surface area contributed by atoms with Gasteiger partial charge >= 0.3 is 0 Å². The molecule has 1 unspecified atom stereocenters. The first-order chi connectivity index (χ1) is 6.32. The maximum Gasteiger partial charge on any atom is 0.160 e. The third-order valence-electron chi connectivity index (χ3n) is 1.82. The first-order valence-electron chi connectivity index (χ1n) is 3.95. The van der Waals surface area contributed by atoms with Gasteiger partial charge in [-0.25, -0.2) is 0 Å². The van der Waals surface area contributed by atoms with Gasteiger partial charge in [0.05, 0.1) is 0 Å². The van der Waals surface area contributed by atoms with Crippen LogP contribution in [0.2, 0.25) is 0 Å². The van der Waals surface area contributed by atoms with Gasteiger partial charge in [0.25, 0.3) is 0 Å². The van der Waals surface area contributed by atoms with E-state index in [0.717, 1.165) is 0 Å². The van der Waals surface area contributed by atoms with Crippen LogP contribution in [0.1, 0.15) is 17.3 Å². The van der Waals surface area contributed by atoms with Gasteiger partial charge in [-0.3, -0.25) is 9.00 Å². The third-order valence-corrected chi connectivity index (χ3v) is 3.73. The van der Waals surface area contributed by atoms with E-state index >= 15 is 0 Å². The fourth-order valence-electron chi connectivity index (χ4n) is 1.05. The molecule has 0 bridgehead atoms. The smallest absolute Gasteiger partial charge is 0.160 e. The summed E-state index contributed by atoms with van der Waals surface area (Å²) in [5.74, 6) is 3.56. The zero-order chi connectivity index (χ0) is 10.9. The highest BCUT2D eigenvalue weighted by molar-refractivity contribution is 9.10. The third kappa shape index (κ3) is 2.45. The van der Waals surface area contributed by atoms with Crippen LogP contribution >= 0.6 is 15.9 Å². The Balaban J connectivity index is 3.34. The molecular weight excluding hydrogens is 264 g/mol. The molecule has 0 radical (unpaired) electrons. The van der Waals surface area contributed by atoms with Gasteiger partial charge in [-0.2, -0.15) is 0 Å². The summed E-state index contributed by atoms with van der Waals surface area (Å²) in [7, 11) is -2.21. The molecule has 0 aliphatic rings. The van der Waals surface area contributed by atoms with Crippen LogP contribution in [0.5, 0.6) is 0 Å². The Kier molecular flexibility index (Phi) is 3.17. The number of hydrogen-bond donors (Lipinski definition) is 0. The van der Waals surface area contributed by atoms with E-state index in [1.54, 1.807) is 24.5 Å². The average Bonchev–Trinajstić information content (AvgIpc) is 2.01. The maximum atomic E-state index is 11.6. The topological polar surface area (TPSA) is 34.1 Å². The molecular formula is C10H11BrO2S. The lowest BCUT2D eigenvalue weighted by atomic mass is 10.2. The number of carbonyl (C=O) groups excluding carboxylic acids is 1. The van der Waals surface area contributed by atoms with E-state index in [2.05, 4.69) is 21.8 Å². The normalized spacial score (nSPS) is 14.8. The van der Waals surface area contributed by atoms with Crippen LogP contribution in [-0.2, 0) is 9.52 Å². The van der Waals surface area contributed by atoms with E-state index in [1.165, 1.54) is 6.92 Å². The lowest BCUT2D eigenvalue weighted by molar-refractivity contribution is 0.101. The number of halogens is 1. The first-order valence-corrected chi connectivity index (χ1v) is 6.88. The molecule has 0 amide bonds. The summed E-state index contributed by atoms with van der Waals surface area (Å²) < 4.78 is 12.3. The number of rotatable bonds is 2. The second kappa shape index (κ2) is 3.87. The minimum atomic E-state index is -2.21. The summed E-state index contributed by atoms with van der Waals surface area (Å²) in [6, 6.07) is 5.03. The molecule has 76 valence electrons. The van der Waals surface area contributed by atoms with Crippen LogP contribution in [0.25, 0.3) is 0 Å². The van der Waals surface area contributed by atoms with Crippen molar-refractivity contribution in [1.29, 1.82) is 0 Å². The molecule has 0 aliphatic heterocycles. The van der Waals surface area contributed by atoms with Crippen molar-refractivity contribution in [3.05, 3.63) is 28.2 Å². The van der Waals surface area contributed by atoms with E-state index in [4.69, 9.17) is 0 Å². The van der Waals surface area contributed by atoms with Crippen molar-refractivity contribution < 1.29 is 9.00 Å². The largest absolute Gasteiger partial charge is 0.294 e. The van der Waals surface area contributed by atoms with E-state index < -0.39 is 9.52 Å². The molecule has 2 nitrogen and oxygen atoms in total. The molecule has 0 N–H and O–H groups in total. The second-order valence-electron chi connectivity index (χ2n) is 3.20. The van der Waals surface area contributed by atoms with Crippen molar-refractivity contribution >= 4 is 37.1 Å². The summed E-state index contributed by atoms with van der Waals surface area (Å²) in [6.07, 6.45) is 1.57. The second-order valence-corrected chi connectivity index (χ2v) is 6.54. The number of carbonyl (C=O) groups is 1. The van der Waals surface area contributed by atoms with E-state index in [0.29, 0.717) is 14.9 Å². The maximum absolute atomic E-state index is 11.6. The lowest BCUT2D eigenvalue weighted by Gasteiger charge is -2.05. The predicted molar refractivity (Wildman–Crippen MR) is 63.6 cm³/mol. The average molecular weight is 275 g/mol. The Bertz CT molecular complexity index is 475. The molecule has 1 aromatic carbocycles. The zero-order valence-corrected chi connectivity index (χ0v) is 10.4. The van der Waals surface area contributed by atoms with Gasteiger partial charge in [-0.05, 0) is 40.5 Å². The fourth-order valence-corrected chi connectivity index (χ4v) is 2.58. The molecule has 14 heavy (non-hydrogen) atoms. The van der Waals surface area contributed by atoms with Gasteiger partial charge in [-0.1, -0.05) is 15.9 Å². The highest BCUT2D eigenvalue weighted by atomic mass is 79.9. The van der Waals surface area contributed by atoms with Crippen molar-refractivity contribution in [2.75, 3.05) is 6.26 Å². The Morgan fingerprint density at radius 3 is 2.43 bits per heavy atom. The molecule has 4 heteroatoms. The highest BCUT2D eigenvalue weighted by Crippen LogP contribution is 2.21. The van der Waals surface area contributed by atoms with Gasteiger partial charge in [0, 0.05) is 21.2 Å². The molecule has 0 saturated carbocycles. The highest BCUT2D eigenvalue weighted by Gasteiger charge is 2.08. The van der Waals surface area contributed by atoms with Gasteiger partial charge in [0.15, 0.2) is 5.78 Å². The molecule has 0 aromatic heterocycles. The summed E-state index contributed by atoms with van der Waals surface area (Å²) >= 11 is 3.27. The van der Waals surface area contributed by atoms with Crippen LogP contribution in [-0.4, -0.2) is 22.1 Å². The van der Waals surface area contributed by atoms with Crippen LogP contribution in [0.3, 0.4) is 0 Å². The number of ketones is 1. The minimum Gasteiger partial charge on any atom is -0.294 e. The molecule has 0 spiro atoms. The van der Waals surface area contributed by atoms with Gasteiger partial charge in [0.1, 0.15) is 0 Å². The van der Waals surface area contributed by atoms with E-state index in [1.807, 2.05) is 0 Å². The van der Waals surface area contributed by atoms with Crippen molar-refractivity contribution in [3.8, 4) is 0 Å². The molecule has 0 saturated heterocycles. The van der Waals surface area contributed by atoms with Gasteiger partial charge < -0.3 is 0 Å². The van der Waals surface area contributed by atoms with Crippen molar-refractivity contribution in [3.63, 3.8) is 0 Å². The monoisotopic (exact) mass is 274 g/mol. The minimum absolute atomic E-state index is 0.0184.